The normalized spacial score (nSPS) is 9.53. The van der Waals surface area contributed by atoms with Gasteiger partial charge >= 0.3 is 18.0 Å². The molecule has 0 saturated heterocycles. The summed E-state index contributed by atoms with van der Waals surface area (Å²) in [6, 6.07) is -1.62. The molecule has 0 aliphatic heterocycles. The summed E-state index contributed by atoms with van der Waals surface area (Å²) >= 11 is 0. The second-order valence-electron chi connectivity index (χ2n) is 2.39. The van der Waals surface area contributed by atoms with Gasteiger partial charge in [0.05, 0.1) is 13.2 Å². The Morgan fingerprint density at radius 3 is 1.80 bits per heavy atom. The summed E-state index contributed by atoms with van der Waals surface area (Å²) in [4.78, 5) is 32.6. The van der Waals surface area contributed by atoms with Crippen LogP contribution in [0.1, 0.15) is 13.8 Å². The topological polar surface area (TPSA) is 102 Å². The molecular formula is C8H13NO6. The van der Waals surface area contributed by atoms with Crippen molar-refractivity contribution in [1.29, 1.82) is 0 Å². The van der Waals surface area contributed by atoms with Gasteiger partial charge in [-0.3, -0.25) is 5.32 Å². The number of hydrogen-bond acceptors (Lipinski definition) is 5. The third kappa shape index (κ3) is 4.84. The molecule has 0 rings (SSSR count). The van der Waals surface area contributed by atoms with Gasteiger partial charge in [0.15, 0.2) is 0 Å². The molecule has 7 nitrogen and oxygen atoms in total. The van der Waals surface area contributed by atoms with Gasteiger partial charge in [0, 0.05) is 0 Å². The highest BCUT2D eigenvalue weighted by Crippen LogP contribution is 1.94. The molecule has 0 spiro atoms. The quantitative estimate of drug-likeness (QED) is 0.488. The number of carbonyl (C=O) groups excluding carboxylic acids is 2. The zero-order chi connectivity index (χ0) is 11.8. The number of hydrogen-bond donors (Lipinski definition) is 2. The highest BCUT2D eigenvalue weighted by molar-refractivity contribution is 6.01. The van der Waals surface area contributed by atoms with Crippen LogP contribution in [0.2, 0.25) is 0 Å². The third-order valence-electron chi connectivity index (χ3n) is 1.31. The van der Waals surface area contributed by atoms with Crippen LogP contribution in [-0.2, 0) is 19.1 Å². The predicted octanol–water partition coefficient (Wildman–Crippen LogP) is -0.251. The third-order valence-corrected chi connectivity index (χ3v) is 1.31. The smallest absolute Gasteiger partial charge is 0.405 e. The minimum atomic E-state index is -1.62. The summed E-state index contributed by atoms with van der Waals surface area (Å²) in [5.41, 5.74) is 0. The maximum atomic E-state index is 11.1. The number of esters is 2. The van der Waals surface area contributed by atoms with Crippen molar-refractivity contribution < 1.29 is 29.0 Å². The van der Waals surface area contributed by atoms with E-state index in [1.54, 1.807) is 19.2 Å². The van der Waals surface area contributed by atoms with E-state index in [0.29, 0.717) is 0 Å². The zero-order valence-corrected chi connectivity index (χ0v) is 8.48. The Hall–Kier alpha value is -1.79. The van der Waals surface area contributed by atoms with Crippen molar-refractivity contribution in [2.75, 3.05) is 13.2 Å². The van der Waals surface area contributed by atoms with Gasteiger partial charge in [0.2, 0.25) is 6.04 Å². The van der Waals surface area contributed by atoms with Crippen LogP contribution >= 0.6 is 0 Å². The van der Waals surface area contributed by atoms with E-state index in [1.807, 2.05) is 0 Å². The highest BCUT2D eigenvalue weighted by atomic mass is 16.6. The van der Waals surface area contributed by atoms with Gasteiger partial charge in [-0.05, 0) is 13.8 Å². The van der Waals surface area contributed by atoms with E-state index >= 15 is 0 Å². The van der Waals surface area contributed by atoms with Crippen molar-refractivity contribution in [3.63, 3.8) is 0 Å². The van der Waals surface area contributed by atoms with Crippen molar-refractivity contribution in [3.05, 3.63) is 0 Å². The number of nitrogens with one attached hydrogen (secondary N) is 1. The first kappa shape index (κ1) is 13.2. The van der Waals surface area contributed by atoms with Crippen LogP contribution in [0.4, 0.5) is 4.79 Å². The van der Waals surface area contributed by atoms with E-state index in [2.05, 4.69) is 9.47 Å². The molecule has 0 aromatic carbocycles. The van der Waals surface area contributed by atoms with Gasteiger partial charge in [-0.25, -0.2) is 14.4 Å². The molecule has 0 unspecified atom stereocenters. The summed E-state index contributed by atoms with van der Waals surface area (Å²) in [5, 5.41) is 10.1. The fourth-order valence-electron chi connectivity index (χ4n) is 0.789. The Kier molecular flexibility index (Phi) is 5.84. The van der Waals surface area contributed by atoms with Crippen molar-refractivity contribution in [3.8, 4) is 0 Å². The van der Waals surface area contributed by atoms with Gasteiger partial charge in [0.1, 0.15) is 0 Å². The molecule has 0 fully saturated rings. The van der Waals surface area contributed by atoms with Crippen LogP contribution in [0.15, 0.2) is 0 Å². The lowest BCUT2D eigenvalue weighted by atomic mass is 10.3. The van der Waals surface area contributed by atoms with E-state index < -0.39 is 24.1 Å². The van der Waals surface area contributed by atoms with Crippen LogP contribution < -0.4 is 5.32 Å². The Morgan fingerprint density at radius 1 is 1.13 bits per heavy atom. The van der Waals surface area contributed by atoms with Crippen LogP contribution in [0.25, 0.3) is 0 Å². The van der Waals surface area contributed by atoms with Gasteiger partial charge in [-0.2, -0.15) is 0 Å². The largest absolute Gasteiger partial charge is 0.465 e. The number of carbonyl (C=O) groups is 3. The van der Waals surface area contributed by atoms with Crippen LogP contribution in [0, 0.1) is 0 Å². The van der Waals surface area contributed by atoms with Crippen LogP contribution in [-0.4, -0.2) is 42.4 Å². The molecule has 0 saturated carbocycles. The summed E-state index contributed by atoms with van der Waals surface area (Å²) in [7, 11) is 0. The van der Waals surface area contributed by atoms with Crippen molar-refractivity contribution in [2.45, 2.75) is 19.9 Å². The molecule has 0 bridgehead atoms. The Balaban J connectivity index is 4.49. The second kappa shape index (κ2) is 6.63. The summed E-state index contributed by atoms with van der Waals surface area (Å²) in [5.74, 6) is -1.95. The molecule has 86 valence electrons. The standard InChI is InChI=1S/C8H13NO6/c1-3-14-6(10)5(9-8(12)13)7(11)15-4-2/h5,9H,3-4H2,1-2H3,(H,12,13). The average molecular weight is 219 g/mol. The van der Waals surface area contributed by atoms with Gasteiger partial charge < -0.3 is 14.6 Å². The lowest BCUT2D eigenvalue weighted by molar-refractivity contribution is -0.157. The maximum Gasteiger partial charge on any atom is 0.405 e. The number of carboxylic acid groups (broad SMARTS) is 1. The molecule has 2 N–H and O–H groups in total. The first-order valence-corrected chi connectivity index (χ1v) is 4.35. The average Bonchev–Trinajstić information content (AvgIpc) is 2.14. The molecule has 0 radical (unpaired) electrons. The lowest BCUT2D eigenvalue weighted by Crippen LogP contribution is -2.47. The van der Waals surface area contributed by atoms with Gasteiger partial charge in [0.25, 0.3) is 0 Å². The predicted molar refractivity (Wildman–Crippen MR) is 48.2 cm³/mol. The minimum absolute atomic E-state index is 0.0516. The highest BCUT2D eigenvalue weighted by Gasteiger charge is 2.30. The molecule has 0 aromatic rings. The Labute approximate surface area is 86.3 Å². The molecule has 0 heterocycles. The van der Waals surface area contributed by atoms with E-state index in [0.717, 1.165) is 0 Å². The van der Waals surface area contributed by atoms with E-state index in [1.165, 1.54) is 0 Å². The Morgan fingerprint density at radius 2 is 1.53 bits per heavy atom. The molecular weight excluding hydrogens is 206 g/mol. The number of rotatable bonds is 5. The van der Waals surface area contributed by atoms with Gasteiger partial charge in [-0.1, -0.05) is 0 Å². The zero-order valence-electron chi connectivity index (χ0n) is 8.48. The van der Waals surface area contributed by atoms with Crippen molar-refractivity contribution in [1.82, 2.24) is 5.32 Å². The molecule has 0 aromatic heterocycles. The lowest BCUT2D eigenvalue weighted by Gasteiger charge is -2.13. The fourth-order valence-corrected chi connectivity index (χ4v) is 0.789. The first-order chi connectivity index (χ1) is 7.02. The second-order valence-corrected chi connectivity index (χ2v) is 2.39. The molecule has 7 heteroatoms. The first-order valence-electron chi connectivity index (χ1n) is 4.35. The number of amides is 1. The van der Waals surface area contributed by atoms with Crippen molar-refractivity contribution >= 4 is 18.0 Å². The van der Waals surface area contributed by atoms with E-state index in [4.69, 9.17) is 5.11 Å². The minimum Gasteiger partial charge on any atom is -0.465 e. The number of ether oxygens (including phenoxy) is 2. The monoisotopic (exact) mass is 219 g/mol. The summed E-state index contributed by atoms with van der Waals surface area (Å²) in [6.07, 6.45) is -1.50. The SMILES string of the molecule is CCOC(=O)C(NC(=O)O)C(=O)OCC. The molecule has 0 aliphatic rings. The Bertz CT molecular complexity index is 234. The molecule has 15 heavy (non-hydrogen) atoms. The van der Waals surface area contributed by atoms with Gasteiger partial charge in [-0.15, -0.1) is 0 Å². The van der Waals surface area contributed by atoms with Crippen LogP contribution in [0.5, 0.6) is 0 Å². The molecule has 0 aliphatic carbocycles. The summed E-state index contributed by atoms with van der Waals surface area (Å²) in [6.45, 7) is 3.19. The van der Waals surface area contributed by atoms with Crippen LogP contribution in [0.3, 0.4) is 0 Å². The molecule has 0 atom stereocenters. The molecule has 1 amide bonds. The van der Waals surface area contributed by atoms with E-state index in [9.17, 15) is 14.4 Å². The summed E-state index contributed by atoms with van der Waals surface area (Å²) < 4.78 is 9.01. The maximum absolute atomic E-state index is 11.1. The fraction of sp³-hybridized carbons (Fsp3) is 0.625. The van der Waals surface area contributed by atoms with E-state index in [-0.39, 0.29) is 13.2 Å². The van der Waals surface area contributed by atoms with Crippen molar-refractivity contribution in [2.24, 2.45) is 0 Å².